The second-order valence-corrected chi connectivity index (χ2v) is 5.92. The van der Waals surface area contributed by atoms with Crippen molar-refractivity contribution >= 4 is 11.6 Å². The number of carbonyl (C=O) groups is 1. The topological polar surface area (TPSA) is 104 Å². The van der Waals surface area contributed by atoms with Crippen LogP contribution in [-0.4, -0.2) is 25.9 Å². The predicted octanol–water partition coefficient (Wildman–Crippen LogP) is 2.51. The molecule has 3 rings (SSSR count). The molecule has 0 aliphatic carbocycles. The molecule has 2 aromatic carbocycles. The number of benzene rings is 2. The molecular weight excluding hydrogens is 334 g/mol. The first-order valence-electron chi connectivity index (χ1n) is 7.86. The van der Waals surface area contributed by atoms with Gasteiger partial charge in [-0.2, -0.15) is 9.78 Å². The molecule has 132 valence electrons. The van der Waals surface area contributed by atoms with E-state index in [0.29, 0.717) is 16.9 Å². The van der Waals surface area contributed by atoms with E-state index in [2.05, 4.69) is 10.4 Å². The smallest absolute Gasteiger partial charge is 0.279 e. The number of anilines is 1. The van der Waals surface area contributed by atoms with E-state index in [9.17, 15) is 19.8 Å². The summed E-state index contributed by atoms with van der Waals surface area (Å²) in [6.45, 7) is 3.59. The van der Waals surface area contributed by atoms with E-state index in [1.54, 1.807) is 25.1 Å². The van der Waals surface area contributed by atoms with E-state index in [4.69, 9.17) is 0 Å². The van der Waals surface area contributed by atoms with Gasteiger partial charge in [0.05, 0.1) is 5.69 Å². The minimum Gasteiger partial charge on any atom is -0.508 e. The van der Waals surface area contributed by atoms with Crippen LogP contribution in [0.2, 0.25) is 0 Å². The molecule has 0 saturated heterocycles. The van der Waals surface area contributed by atoms with Gasteiger partial charge in [0.15, 0.2) is 11.4 Å². The Balaban J connectivity index is 2.00. The normalized spacial score (nSPS) is 10.5. The lowest BCUT2D eigenvalue weighted by atomic mass is 10.2. The maximum absolute atomic E-state index is 12.5. The highest BCUT2D eigenvalue weighted by molar-refractivity contribution is 6.04. The maximum atomic E-state index is 12.5. The Kier molecular flexibility index (Phi) is 4.45. The number of amides is 1. The summed E-state index contributed by atoms with van der Waals surface area (Å²) >= 11 is 0. The number of phenolic OH excluding ortho intramolecular Hbond substituents is 1. The van der Waals surface area contributed by atoms with Crippen molar-refractivity contribution in [2.24, 2.45) is 0 Å². The molecule has 0 aliphatic heterocycles. The van der Waals surface area contributed by atoms with Crippen molar-refractivity contribution < 1.29 is 15.0 Å². The van der Waals surface area contributed by atoms with Crippen molar-refractivity contribution in [1.29, 1.82) is 0 Å². The summed E-state index contributed by atoms with van der Waals surface area (Å²) < 4.78 is 1.06. The van der Waals surface area contributed by atoms with Gasteiger partial charge in [-0.15, -0.1) is 0 Å². The zero-order valence-electron chi connectivity index (χ0n) is 14.2. The van der Waals surface area contributed by atoms with Gasteiger partial charge in [-0.05, 0) is 55.3 Å². The van der Waals surface area contributed by atoms with Gasteiger partial charge in [0.1, 0.15) is 5.75 Å². The molecular formula is C19H17N3O4. The molecule has 7 nitrogen and oxygen atoms in total. The summed E-state index contributed by atoms with van der Waals surface area (Å²) in [5.74, 6) is -1.10. The van der Waals surface area contributed by atoms with Crippen LogP contribution in [0.5, 0.6) is 11.5 Å². The van der Waals surface area contributed by atoms with Gasteiger partial charge in [0.2, 0.25) is 0 Å². The average Bonchev–Trinajstić information content (AvgIpc) is 2.57. The number of rotatable bonds is 3. The lowest BCUT2D eigenvalue weighted by Crippen LogP contribution is -2.25. The molecule has 0 bridgehead atoms. The number of aromatic nitrogens is 2. The Morgan fingerprint density at radius 1 is 1.08 bits per heavy atom. The zero-order chi connectivity index (χ0) is 18.8. The van der Waals surface area contributed by atoms with E-state index in [-0.39, 0.29) is 11.4 Å². The molecule has 7 heteroatoms. The van der Waals surface area contributed by atoms with Gasteiger partial charge in [0.25, 0.3) is 11.5 Å². The summed E-state index contributed by atoms with van der Waals surface area (Å²) in [5, 5.41) is 26.1. The number of aromatic hydroxyl groups is 2. The Labute approximate surface area is 149 Å². The number of nitrogens with zero attached hydrogens (tertiary/aromatic N) is 2. The van der Waals surface area contributed by atoms with Gasteiger partial charge in [-0.3, -0.25) is 9.59 Å². The summed E-state index contributed by atoms with van der Waals surface area (Å²) in [4.78, 5) is 24.7. The molecule has 1 amide bonds. The van der Waals surface area contributed by atoms with Crippen LogP contribution in [0, 0.1) is 13.8 Å². The van der Waals surface area contributed by atoms with E-state index in [0.717, 1.165) is 16.3 Å². The molecule has 0 aliphatic rings. The van der Waals surface area contributed by atoms with Crippen molar-refractivity contribution in [2.75, 3.05) is 5.32 Å². The summed E-state index contributed by atoms with van der Waals surface area (Å²) in [7, 11) is 0. The SMILES string of the molecule is Cc1cccc(-n2nc(C(=O)Nc3ccc(O)cc3C)c(O)cc2=O)c1. The highest BCUT2D eigenvalue weighted by Crippen LogP contribution is 2.22. The third-order valence-electron chi connectivity index (χ3n) is 3.83. The van der Waals surface area contributed by atoms with Gasteiger partial charge in [-0.25, -0.2) is 0 Å². The van der Waals surface area contributed by atoms with Crippen LogP contribution >= 0.6 is 0 Å². The number of nitrogens with one attached hydrogen (secondary N) is 1. The zero-order valence-corrected chi connectivity index (χ0v) is 14.2. The molecule has 26 heavy (non-hydrogen) atoms. The lowest BCUT2D eigenvalue weighted by molar-refractivity contribution is 0.101. The van der Waals surface area contributed by atoms with Crippen LogP contribution < -0.4 is 10.9 Å². The highest BCUT2D eigenvalue weighted by Gasteiger charge is 2.18. The largest absolute Gasteiger partial charge is 0.508 e. The first-order valence-corrected chi connectivity index (χ1v) is 7.86. The molecule has 1 aromatic heterocycles. The molecule has 0 unspecified atom stereocenters. The van der Waals surface area contributed by atoms with Crippen LogP contribution in [0.25, 0.3) is 5.69 Å². The number of aryl methyl sites for hydroxylation is 2. The molecule has 1 heterocycles. The molecule has 3 aromatic rings. The third-order valence-corrected chi connectivity index (χ3v) is 3.83. The van der Waals surface area contributed by atoms with Crippen LogP contribution in [0.1, 0.15) is 21.6 Å². The Bertz CT molecular complexity index is 1060. The van der Waals surface area contributed by atoms with Crippen molar-refractivity contribution in [3.8, 4) is 17.2 Å². The quantitative estimate of drug-likeness (QED) is 0.629. The van der Waals surface area contributed by atoms with E-state index >= 15 is 0 Å². The minimum atomic E-state index is -0.669. The molecule has 0 spiro atoms. The van der Waals surface area contributed by atoms with Crippen molar-refractivity contribution in [3.05, 3.63) is 75.7 Å². The van der Waals surface area contributed by atoms with Gasteiger partial charge >= 0.3 is 0 Å². The second kappa shape index (κ2) is 6.72. The fourth-order valence-electron chi connectivity index (χ4n) is 2.52. The fraction of sp³-hybridized carbons (Fsp3) is 0.105. The molecule has 0 radical (unpaired) electrons. The van der Waals surface area contributed by atoms with E-state index < -0.39 is 17.2 Å². The number of carbonyl (C=O) groups excluding carboxylic acids is 1. The van der Waals surface area contributed by atoms with Crippen molar-refractivity contribution in [2.45, 2.75) is 13.8 Å². The Morgan fingerprint density at radius 2 is 1.85 bits per heavy atom. The number of hydrogen-bond donors (Lipinski definition) is 3. The Hall–Kier alpha value is -3.61. The van der Waals surface area contributed by atoms with E-state index in [1.165, 1.54) is 18.2 Å². The lowest BCUT2D eigenvalue weighted by Gasteiger charge is -2.11. The first kappa shape index (κ1) is 17.2. The van der Waals surface area contributed by atoms with E-state index in [1.807, 2.05) is 13.0 Å². The minimum absolute atomic E-state index is 0.0782. The third kappa shape index (κ3) is 3.41. The molecule has 0 atom stereocenters. The van der Waals surface area contributed by atoms with Crippen molar-refractivity contribution in [3.63, 3.8) is 0 Å². The van der Waals surface area contributed by atoms with Crippen LogP contribution in [0.15, 0.2) is 53.3 Å². The molecule has 0 saturated carbocycles. The summed E-state index contributed by atoms with van der Waals surface area (Å²) in [5.41, 5.74) is 1.69. The monoisotopic (exact) mass is 351 g/mol. The predicted molar refractivity (Wildman–Crippen MR) is 97.0 cm³/mol. The van der Waals surface area contributed by atoms with Gasteiger partial charge in [0, 0.05) is 11.8 Å². The Morgan fingerprint density at radius 3 is 2.54 bits per heavy atom. The van der Waals surface area contributed by atoms with Crippen LogP contribution in [-0.2, 0) is 0 Å². The standard InChI is InChI=1S/C19H17N3O4/c1-11-4-3-5-13(8-11)22-17(25)10-16(24)18(21-22)19(26)20-15-7-6-14(23)9-12(15)2/h3-10,23-24H,1-2H3,(H,20,26). The number of phenols is 1. The maximum Gasteiger partial charge on any atom is 0.279 e. The van der Waals surface area contributed by atoms with Gasteiger partial charge in [-0.1, -0.05) is 12.1 Å². The summed E-state index contributed by atoms with van der Waals surface area (Å²) in [6, 6.07) is 12.5. The highest BCUT2D eigenvalue weighted by atomic mass is 16.3. The fourth-order valence-corrected chi connectivity index (χ4v) is 2.52. The first-order chi connectivity index (χ1) is 12.3. The van der Waals surface area contributed by atoms with Crippen molar-refractivity contribution in [1.82, 2.24) is 9.78 Å². The van der Waals surface area contributed by atoms with Crippen LogP contribution in [0.4, 0.5) is 5.69 Å². The van der Waals surface area contributed by atoms with Gasteiger partial charge < -0.3 is 15.5 Å². The number of hydrogen-bond acceptors (Lipinski definition) is 5. The summed E-state index contributed by atoms with van der Waals surface area (Å²) in [6.07, 6.45) is 0. The van der Waals surface area contributed by atoms with Crippen LogP contribution in [0.3, 0.4) is 0 Å². The average molecular weight is 351 g/mol. The second-order valence-electron chi connectivity index (χ2n) is 5.92. The molecule has 0 fully saturated rings. The molecule has 3 N–H and O–H groups in total.